The smallest absolute Gasteiger partial charge is 0.236 e. The molecule has 1 aliphatic rings. The second-order valence-corrected chi connectivity index (χ2v) is 8.71. The van der Waals surface area contributed by atoms with Crippen molar-refractivity contribution in [3.05, 3.63) is 29.8 Å². The molecule has 0 radical (unpaired) electrons. The van der Waals surface area contributed by atoms with Crippen molar-refractivity contribution in [2.75, 3.05) is 12.9 Å². The SMILES string of the molecule is Cc1ccc(-c2nnc(S[C@@H](C)C(=O)N(C)C3(C#N)CCCCC3)n2N)cc1. The minimum atomic E-state index is -0.701. The Morgan fingerprint density at radius 1 is 1.29 bits per heavy atom. The molecular formula is C20H26N6OS. The Kier molecular flexibility index (Phi) is 5.94. The van der Waals surface area contributed by atoms with E-state index in [9.17, 15) is 10.1 Å². The van der Waals surface area contributed by atoms with Gasteiger partial charge in [-0.1, -0.05) is 60.9 Å². The summed E-state index contributed by atoms with van der Waals surface area (Å²) in [5.41, 5.74) is 1.32. The van der Waals surface area contributed by atoms with Gasteiger partial charge in [-0.2, -0.15) is 5.26 Å². The van der Waals surface area contributed by atoms with Crippen molar-refractivity contribution in [3.8, 4) is 17.5 Å². The number of nitrogens with zero attached hydrogens (tertiary/aromatic N) is 5. The molecule has 1 amide bonds. The molecule has 1 fully saturated rings. The monoisotopic (exact) mass is 398 g/mol. The molecule has 0 aliphatic heterocycles. The Balaban J connectivity index is 1.74. The maximum Gasteiger partial charge on any atom is 0.236 e. The summed E-state index contributed by atoms with van der Waals surface area (Å²) in [6.07, 6.45) is 4.53. The first-order chi connectivity index (χ1) is 13.4. The first-order valence-electron chi connectivity index (χ1n) is 9.51. The summed E-state index contributed by atoms with van der Waals surface area (Å²) in [5.74, 6) is 6.65. The van der Waals surface area contributed by atoms with Crippen LogP contribution >= 0.6 is 11.8 Å². The van der Waals surface area contributed by atoms with E-state index in [2.05, 4.69) is 16.3 Å². The molecule has 2 aromatic rings. The quantitative estimate of drug-likeness (QED) is 0.613. The maximum atomic E-state index is 13.0. The van der Waals surface area contributed by atoms with Crippen LogP contribution in [0.5, 0.6) is 0 Å². The third-order valence-corrected chi connectivity index (χ3v) is 6.51. The highest BCUT2D eigenvalue weighted by Gasteiger charge is 2.40. The van der Waals surface area contributed by atoms with Gasteiger partial charge in [-0.15, -0.1) is 10.2 Å². The molecule has 1 aliphatic carbocycles. The average molecular weight is 399 g/mol. The predicted octanol–water partition coefficient (Wildman–Crippen LogP) is 3.13. The van der Waals surface area contributed by atoms with E-state index in [1.54, 1.807) is 11.9 Å². The first-order valence-corrected chi connectivity index (χ1v) is 10.4. The third-order valence-electron chi connectivity index (χ3n) is 5.47. The zero-order valence-electron chi connectivity index (χ0n) is 16.6. The first kappa shape index (κ1) is 20.2. The van der Waals surface area contributed by atoms with E-state index in [1.807, 2.05) is 38.1 Å². The fraction of sp³-hybridized carbons (Fsp3) is 0.500. The lowest BCUT2D eigenvalue weighted by molar-refractivity contribution is -0.133. The van der Waals surface area contributed by atoms with Crippen LogP contribution in [-0.2, 0) is 4.79 Å². The van der Waals surface area contributed by atoms with Crippen LogP contribution in [0.1, 0.15) is 44.6 Å². The van der Waals surface area contributed by atoms with E-state index in [0.717, 1.165) is 43.2 Å². The number of hydrogen-bond acceptors (Lipinski definition) is 6. The van der Waals surface area contributed by atoms with Crippen LogP contribution in [0.4, 0.5) is 0 Å². The lowest BCUT2D eigenvalue weighted by atomic mass is 9.81. The zero-order chi connectivity index (χ0) is 20.3. The van der Waals surface area contributed by atoms with Crippen molar-refractivity contribution in [2.45, 2.75) is 61.9 Å². The van der Waals surface area contributed by atoms with Crippen LogP contribution in [0.3, 0.4) is 0 Å². The lowest BCUT2D eigenvalue weighted by Gasteiger charge is -2.40. The van der Waals surface area contributed by atoms with Gasteiger partial charge in [-0.3, -0.25) is 4.79 Å². The van der Waals surface area contributed by atoms with Crippen molar-refractivity contribution in [2.24, 2.45) is 0 Å². The van der Waals surface area contributed by atoms with E-state index in [0.29, 0.717) is 11.0 Å². The van der Waals surface area contributed by atoms with Crippen LogP contribution in [0, 0.1) is 18.3 Å². The standard InChI is InChI=1S/C20H26N6OS/c1-14-7-9-16(10-8-14)17-23-24-19(26(17)22)28-15(2)18(27)25(3)20(13-21)11-5-4-6-12-20/h7-10,15H,4-6,11-12,22H2,1-3H3/t15-/m0/s1. The molecule has 3 rings (SSSR count). The molecule has 2 N–H and O–H groups in total. The van der Waals surface area contributed by atoms with Crippen LogP contribution in [-0.4, -0.2) is 43.5 Å². The molecule has 0 spiro atoms. The minimum absolute atomic E-state index is 0.0895. The van der Waals surface area contributed by atoms with Gasteiger partial charge in [-0.25, -0.2) is 4.68 Å². The number of benzene rings is 1. The molecule has 148 valence electrons. The minimum Gasteiger partial charge on any atom is -0.335 e. The van der Waals surface area contributed by atoms with Gasteiger partial charge < -0.3 is 10.7 Å². The summed E-state index contributed by atoms with van der Waals surface area (Å²) in [5, 5.41) is 18.1. The molecule has 0 saturated heterocycles. The Morgan fingerprint density at radius 3 is 2.54 bits per heavy atom. The van der Waals surface area contributed by atoms with Crippen LogP contribution < -0.4 is 5.84 Å². The van der Waals surface area contributed by atoms with Gasteiger partial charge in [0.05, 0.1) is 11.3 Å². The van der Waals surface area contributed by atoms with Crippen LogP contribution in [0.15, 0.2) is 29.4 Å². The lowest BCUT2D eigenvalue weighted by Crippen LogP contribution is -2.52. The number of nitriles is 1. The fourth-order valence-corrected chi connectivity index (χ4v) is 4.47. The molecule has 0 unspecified atom stereocenters. The summed E-state index contributed by atoms with van der Waals surface area (Å²) >= 11 is 1.26. The number of thioether (sulfide) groups is 1. The number of amides is 1. The number of aromatic nitrogens is 3. The summed E-state index contributed by atoms with van der Waals surface area (Å²) in [6, 6.07) is 10.3. The average Bonchev–Trinajstić information content (AvgIpc) is 3.08. The van der Waals surface area contributed by atoms with Crippen molar-refractivity contribution in [1.82, 2.24) is 19.8 Å². The second-order valence-electron chi connectivity index (χ2n) is 7.40. The van der Waals surface area contributed by atoms with Gasteiger partial charge >= 0.3 is 0 Å². The normalized spacial score (nSPS) is 16.9. The molecule has 1 heterocycles. The molecule has 8 heteroatoms. The molecular weight excluding hydrogens is 372 g/mol. The number of rotatable bonds is 5. The van der Waals surface area contributed by atoms with Crippen molar-refractivity contribution < 1.29 is 4.79 Å². The summed E-state index contributed by atoms with van der Waals surface area (Å²) in [7, 11) is 1.73. The van der Waals surface area contributed by atoms with Gasteiger partial charge in [0.15, 0.2) is 5.82 Å². The van der Waals surface area contributed by atoms with Crippen LogP contribution in [0.25, 0.3) is 11.4 Å². The second kappa shape index (κ2) is 8.23. The molecule has 28 heavy (non-hydrogen) atoms. The summed E-state index contributed by atoms with van der Waals surface area (Å²) in [6.45, 7) is 3.83. The van der Waals surface area contributed by atoms with Crippen molar-refractivity contribution in [3.63, 3.8) is 0 Å². The van der Waals surface area contributed by atoms with Gasteiger partial charge in [0, 0.05) is 12.6 Å². The van der Waals surface area contributed by atoms with E-state index in [-0.39, 0.29) is 5.91 Å². The predicted molar refractivity (Wildman–Crippen MR) is 110 cm³/mol. The number of nitrogen functional groups attached to an aromatic ring is 1. The third kappa shape index (κ3) is 3.85. The Hall–Kier alpha value is -2.53. The fourth-order valence-electron chi connectivity index (χ4n) is 3.61. The van der Waals surface area contributed by atoms with Crippen LogP contribution in [0.2, 0.25) is 0 Å². The highest BCUT2D eigenvalue weighted by molar-refractivity contribution is 8.00. The Labute approximate surface area is 169 Å². The summed E-state index contributed by atoms with van der Waals surface area (Å²) in [4.78, 5) is 14.6. The largest absolute Gasteiger partial charge is 0.335 e. The van der Waals surface area contributed by atoms with E-state index >= 15 is 0 Å². The molecule has 1 atom stereocenters. The van der Waals surface area contributed by atoms with Gasteiger partial charge in [0.25, 0.3) is 0 Å². The van der Waals surface area contributed by atoms with E-state index in [1.165, 1.54) is 16.4 Å². The molecule has 7 nitrogen and oxygen atoms in total. The topological polar surface area (TPSA) is 101 Å². The highest BCUT2D eigenvalue weighted by atomic mass is 32.2. The molecule has 1 aromatic carbocycles. The number of carbonyl (C=O) groups is 1. The van der Waals surface area contributed by atoms with Gasteiger partial charge in [0.2, 0.25) is 11.1 Å². The van der Waals surface area contributed by atoms with E-state index in [4.69, 9.17) is 5.84 Å². The molecule has 1 aromatic heterocycles. The molecule has 0 bridgehead atoms. The van der Waals surface area contributed by atoms with Crippen molar-refractivity contribution in [1.29, 1.82) is 5.26 Å². The summed E-state index contributed by atoms with van der Waals surface area (Å²) < 4.78 is 1.42. The number of carbonyl (C=O) groups excluding carboxylic acids is 1. The highest BCUT2D eigenvalue weighted by Crippen LogP contribution is 2.34. The van der Waals surface area contributed by atoms with Crippen molar-refractivity contribution >= 4 is 17.7 Å². The maximum absolute atomic E-state index is 13.0. The van der Waals surface area contributed by atoms with E-state index < -0.39 is 10.8 Å². The molecule has 1 saturated carbocycles. The zero-order valence-corrected chi connectivity index (χ0v) is 17.4. The van der Waals surface area contributed by atoms with Gasteiger partial charge in [-0.05, 0) is 26.7 Å². The Bertz CT molecular complexity index is 879. The number of aryl methyl sites for hydroxylation is 1. The number of nitrogens with two attached hydrogens (primary N) is 1. The van der Waals surface area contributed by atoms with Gasteiger partial charge in [0.1, 0.15) is 5.54 Å². The number of hydrogen-bond donors (Lipinski definition) is 1. The Morgan fingerprint density at radius 2 is 1.93 bits per heavy atom.